The first-order chi connectivity index (χ1) is 14.5. The van der Waals surface area contributed by atoms with E-state index in [-0.39, 0.29) is 49.5 Å². The molecule has 7 nitrogen and oxygen atoms in total. The molecule has 1 fully saturated rings. The minimum absolute atomic E-state index is 0.115. The van der Waals surface area contributed by atoms with Crippen LogP contribution in [0.5, 0.6) is 5.75 Å². The number of nitrogens with zero attached hydrogens (tertiary/aromatic N) is 1. The maximum atomic E-state index is 12.9. The van der Waals surface area contributed by atoms with Crippen LogP contribution in [0.1, 0.15) is 12.0 Å². The van der Waals surface area contributed by atoms with Crippen molar-refractivity contribution in [1.29, 1.82) is 0 Å². The van der Waals surface area contributed by atoms with Gasteiger partial charge < -0.3 is 20.3 Å². The number of ether oxygens (including phenoxy) is 1. The van der Waals surface area contributed by atoms with Crippen molar-refractivity contribution in [2.24, 2.45) is 5.92 Å². The van der Waals surface area contributed by atoms with Crippen molar-refractivity contribution in [3.05, 3.63) is 59.9 Å². The molecule has 8 heteroatoms. The number of nitrogens with one attached hydrogen (secondary N) is 2. The molecule has 3 amide bonds. The molecule has 1 saturated heterocycles. The molecule has 2 aromatic rings. The summed E-state index contributed by atoms with van der Waals surface area (Å²) in [7, 11) is 1.56. The van der Waals surface area contributed by atoms with Gasteiger partial charge in [-0.05, 0) is 29.8 Å². The van der Waals surface area contributed by atoms with Crippen LogP contribution >= 0.6 is 0 Å². The molecule has 0 aliphatic carbocycles. The number of amides is 3. The van der Waals surface area contributed by atoms with E-state index in [4.69, 9.17) is 4.74 Å². The Labute approximate surface area is 174 Å². The molecule has 0 saturated carbocycles. The molecule has 1 aliphatic rings. The molecule has 158 valence electrons. The third-order valence-electron chi connectivity index (χ3n) is 4.89. The van der Waals surface area contributed by atoms with Gasteiger partial charge in [0.05, 0.1) is 19.4 Å². The fourth-order valence-corrected chi connectivity index (χ4v) is 3.29. The summed E-state index contributed by atoms with van der Waals surface area (Å²) in [5.41, 5.74) is 1.41. The van der Waals surface area contributed by atoms with Crippen LogP contribution < -0.4 is 20.3 Å². The number of rotatable bonds is 8. The fraction of sp³-hybridized carbons (Fsp3) is 0.318. The summed E-state index contributed by atoms with van der Waals surface area (Å²) in [6, 6.07) is 12.9. The van der Waals surface area contributed by atoms with E-state index >= 15 is 0 Å². The van der Waals surface area contributed by atoms with Gasteiger partial charge in [0.2, 0.25) is 17.7 Å². The second kappa shape index (κ2) is 9.87. The van der Waals surface area contributed by atoms with Crippen molar-refractivity contribution in [3.8, 4) is 5.75 Å². The van der Waals surface area contributed by atoms with Gasteiger partial charge >= 0.3 is 0 Å². The van der Waals surface area contributed by atoms with E-state index in [1.165, 1.54) is 12.1 Å². The minimum Gasteiger partial charge on any atom is -0.497 e. The molecule has 30 heavy (non-hydrogen) atoms. The SMILES string of the molecule is COc1cccc(N2CC(C(=O)NCCNC(=O)Cc3ccc(F)cc3)CC2=O)c1. The van der Waals surface area contributed by atoms with Crippen LogP contribution in [0.15, 0.2) is 48.5 Å². The summed E-state index contributed by atoms with van der Waals surface area (Å²) in [6.07, 6.45) is 0.279. The average Bonchev–Trinajstić information content (AvgIpc) is 3.14. The maximum Gasteiger partial charge on any atom is 0.227 e. The second-order valence-electron chi connectivity index (χ2n) is 7.05. The zero-order valence-electron chi connectivity index (χ0n) is 16.7. The van der Waals surface area contributed by atoms with Crippen LogP contribution in [-0.4, -0.2) is 44.5 Å². The first kappa shape index (κ1) is 21.3. The monoisotopic (exact) mass is 413 g/mol. The quantitative estimate of drug-likeness (QED) is 0.645. The summed E-state index contributed by atoms with van der Waals surface area (Å²) in [4.78, 5) is 38.2. The van der Waals surface area contributed by atoms with Crippen molar-refractivity contribution in [2.45, 2.75) is 12.8 Å². The van der Waals surface area contributed by atoms with E-state index < -0.39 is 5.92 Å². The van der Waals surface area contributed by atoms with E-state index in [9.17, 15) is 18.8 Å². The highest BCUT2D eigenvalue weighted by molar-refractivity contribution is 6.00. The first-order valence-corrected chi connectivity index (χ1v) is 9.69. The van der Waals surface area contributed by atoms with Crippen molar-refractivity contribution in [2.75, 3.05) is 31.6 Å². The molecule has 1 unspecified atom stereocenters. The highest BCUT2D eigenvalue weighted by Gasteiger charge is 2.35. The van der Waals surface area contributed by atoms with Gasteiger partial charge in [-0.3, -0.25) is 14.4 Å². The molecule has 2 N–H and O–H groups in total. The summed E-state index contributed by atoms with van der Waals surface area (Å²) in [5.74, 6) is -0.700. The lowest BCUT2D eigenvalue weighted by Gasteiger charge is -2.17. The molecule has 2 aromatic carbocycles. The van der Waals surface area contributed by atoms with Crippen molar-refractivity contribution in [1.82, 2.24) is 10.6 Å². The lowest BCUT2D eigenvalue weighted by molar-refractivity contribution is -0.126. The van der Waals surface area contributed by atoms with Gasteiger partial charge in [-0.1, -0.05) is 18.2 Å². The van der Waals surface area contributed by atoms with Gasteiger partial charge in [0.1, 0.15) is 11.6 Å². The molecule has 0 bridgehead atoms. The normalized spacial score (nSPS) is 15.7. The van der Waals surface area contributed by atoms with Gasteiger partial charge in [-0.15, -0.1) is 0 Å². The molecule has 0 aromatic heterocycles. The minimum atomic E-state index is -0.446. The maximum absolute atomic E-state index is 12.9. The number of methoxy groups -OCH3 is 1. The fourth-order valence-electron chi connectivity index (χ4n) is 3.29. The van der Waals surface area contributed by atoms with Gasteiger partial charge in [0.25, 0.3) is 0 Å². The first-order valence-electron chi connectivity index (χ1n) is 9.69. The molecular formula is C22H24FN3O4. The van der Waals surface area contributed by atoms with Crippen LogP contribution in [0, 0.1) is 11.7 Å². The Morgan fingerprint density at radius 1 is 1.13 bits per heavy atom. The Balaban J connectivity index is 1.41. The molecule has 1 heterocycles. The Kier molecular flexibility index (Phi) is 7.00. The topological polar surface area (TPSA) is 87.7 Å². The molecule has 3 rings (SSSR count). The van der Waals surface area contributed by atoms with Crippen LogP contribution in [-0.2, 0) is 20.8 Å². The number of halogens is 1. The summed E-state index contributed by atoms with van der Waals surface area (Å²) in [5, 5.41) is 5.47. The standard InChI is InChI=1S/C22H24FN3O4/c1-30-19-4-2-3-18(13-19)26-14-16(12-21(26)28)22(29)25-10-9-24-20(27)11-15-5-7-17(23)8-6-15/h2-8,13,16H,9-12,14H2,1H3,(H,24,27)(H,25,29). The number of hydrogen-bond donors (Lipinski definition) is 2. The van der Waals surface area contributed by atoms with E-state index in [0.717, 1.165) is 0 Å². The molecular weight excluding hydrogens is 389 g/mol. The molecule has 1 aliphatic heterocycles. The number of carbonyl (C=O) groups excluding carboxylic acids is 3. The summed E-state index contributed by atoms with van der Waals surface area (Å²) < 4.78 is 18.1. The van der Waals surface area contributed by atoms with E-state index in [1.807, 2.05) is 0 Å². The Hall–Kier alpha value is -3.42. The lowest BCUT2D eigenvalue weighted by Crippen LogP contribution is -2.38. The van der Waals surface area contributed by atoms with Crippen molar-refractivity contribution >= 4 is 23.4 Å². The van der Waals surface area contributed by atoms with E-state index in [1.54, 1.807) is 48.4 Å². The number of carbonyl (C=O) groups is 3. The highest BCUT2D eigenvalue weighted by Crippen LogP contribution is 2.27. The Morgan fingerprint density at radius 2 is 1.87 bits per heavy atom. The number of hydrogen-bond acceptors (Lipinski definition) is 4. The zero-order valence-corrected chi connectivity index (χ0v) is 16.7. The van der Waals surface area contributed by atoms with Crippen LogP contribution in [0.3, 0.4) is 0 Å². The third kappa shape index (κ3) is 5.56. The summed E-state index contributed by atoms with van der Waals surface area (Å²) in [6.45, 7) is 0.832. The Morgan fingerprint density at radius 3 is 2.60 bits per heavy atom. The van der Waals surface area contributed by atoms with Crippen molar-refractivity contribution < 1.29 is 23.5 Å². The van der Waals surface area contributed by atoms with E-state index in [2.05, 4.69) is 10.6 Å². The average molecular weight is 413 g/mol. The van der Waals surface area contributed by atoms with Crippen molar-refractivity contribution in [3.63, 3.8) is 0 Å². The van der Waals surface area contributed by atoms with Gasteiger partial charge in [-0.2, -0.15) is 0 Å². The lowest BCUT2D eigenvalue weighted by atomic mass is 10.1. The van der Waals surface area contributed by atoms with Gasteiger partial charge in [0.15, 0.2) is 0 Å². The zero-order chi connectivity index (χ0) is 21.5. The van der Waals surface area contributed by atoms with Gasteiger partial charge in [-0.25, -0.2) is 4.39 Å². The summed E-state index contributed by atoms with van der Waals surface area (Å²) >= 11 is 0. The number of benzene rings is 2. The van der Waals surface area contributed by atoms with Crippen LogP contribution in [0.4, 0.5) is 10.1 Å². The smallest absolute Gasteiger partial charge is 0.227 e. The van der Waals surface area contributed by atoms with Gasteiger partial charge in [0, 0.05) is 37.8 Å². The molecule has 1 atom stereocenters. The molecule has 0 spiro atoms. The van der Waals surface area contributed by atoms with E-state index in [0.29, 0.717) is 23.5 Å². The molecule has 0 radical (unpaired) electrons. The number of anilines is 1. The third-order valence-corrected chi connectivity index (χ3v) is 4.89. The second-order valence-corrected chi connectivity index (χ2v) is 7.05. The Bertz CT molecular complexity index is 917. The van der Waals surface area contributed by atoms with Crippen LogP contribution in [0.25, 0.3) is 0 Å². The largest absolute Gasteiger partial charge is 0.497 e. The highest BCUT2D eigenvalue weighted by atomic mass is 19.1. The van der Waals surface area contributed by atoms with Crippen LogP contribution in [0.2, 0.25) is 0 Å². The predicted molar refractivity (Wildman–Crippen MR) is 110 cm³/mol. The predicted octanol–water partition coefficient (Wildman–Crippen LogP) is 1.66.